The molecule has 0 radical (unpaired) electrons. The van der Waals surface area contributed by atoms with Crippen molar-refractivity contribution in [2.75, 3.05) is 18.4 Å². The molecule has 1 N–H and O–H groups in total. The van der Waals surface area contributed by atoms with E-state index in [1.165, 1.54) is 16.8 Å². The van der Waals surface area contributed by atoms with E-state index in [1.807, 2.05) is 18.2 Å². The zero-order valence-corrected chi connectivity index (χ0v) is 15.5. The predicted molar refractivity (Wildman–Crippen MR) is 95.8 cm³/mol. The van der Waals surface area contributed by atoms with Gasteiger partial charge in [0, 0.05) is 20.0 Å². The number of anilines is 1. The molecule has 1 aromatic heterocycles. The first-order valence-electron chi connectivity index (χ1n) is 8.10. The third-order valence-electron chi connectivity index (χ3n) is 4.19. The molecule has 25 heavy (non-hydrogen) atoms. The van der Waals surface area contributed by atoms with Crippen molar-refractivity contribution in [1.29, 1.82) is 0 Å². The fourth-order valence-corrected chi connectivity index (χ4v) is 5.48. The minimum atomic E-state index is -3.65. The average Bonchev–Trinajstić information content (AvgIpc) is 3.05. The number of sulfonamides is 1. The van der Waals surface area contributed by atoms with Gasteiger partial charge in [-0.2, -0.15) is 4.31 Å². The number of nitrogens with zero attached hydrogens (tertiary/aromatic N) is 3. The number of aromatic nitrogens is 2. The Kier molecular flexibility index (Phi) is 5.45. The van der Waals surface area contributed by atoms with Crippen LogP contribution in [0.15, 0.2) is 34.7 Å². The quantitative estimate of drug-likeness (QED) is 0.802. The summed E-state index contributed by atoms with van der Waals surface area (Å²) < 4.78 is 26.7. The molecule has 134 valence electrons. The molecule has 9 heteroatoms. The highest BCUT2D eigenvalue weighted by Gasteiger charge is 2.32. The lowest BCUT2D eigenvalue weighted by atomic mass is 9.91. The van der Waals surface area contributed by atoms with E-state index in [-0.39, 0.29) is 15.4 Å². The molecule has 0 spiro atoms. The molecule has 1 aliphatic heterocycles. The summed E-state index contributed by atoms with van der Waals surface area (Å²) in [4.78, 5) is 11.0. The van der Waals surface area contributed by atoms with Gasteiger partial charge in [-0.1, -0.05) is 41.7 Å². The summed E-state index contributed by atoms with van der Waals surface area (Å²) in [7, 11) is -3.65. The molecule has 1 fully saturated rings. The standard InChI is InChI=1S/C16H20N4O3S2/c1-12(21)17-15-18-19-16(24-15)25(22,23)20-9-7-14(8-10-20)11-13-5-3-2-4-6-13/h2-6,14H,7-11H2,1H3,(H,17,18,21). The fraction of sp³-hybridized carbons (Fsp3) is 0.438. The number of hydrogen-bond acceptors (Lipinski definition) is 6. The second kappa shape index (κ2) is 7.59. The molecular formula is C16H20N4O3S2. The highest BCUT2D eigenvalue weighted by atomic mass is 32.2. The highest BCUT2D eigenvalue weighted by Crippen LogP contribution is 2.28. The highest BCUT2D eigenvalue weighted by molar-refractivity contribution is 7.91. The van der Waals surface area contributed by atoms with Gasteiger partial charge in [-0.3, -0.25) is 4.79 Å². The molecule has 1 saturated heterocycles. The van der Waals surface area contributed by atoms with Crippen LogP contribution in [0.2, 0.25) is 0 Å². The first-order chi connectivity index (χ1) is 11.9. The van der Waals surface area contributed by atoms with Crippen molar-refractivity contribution in [2.24, 2.45) is 5.92 Å². The number of piperidine rings is 1. The molecule has 7 nitrogen and oxygen atoms in total. The Labute approximate surface area is 151 Å². The van der Waals surface area contributed by atoms with Crippen molar-refractivity contribution >= 4 is 32.4 Å². The summed E-state index contributed by atoms with van der Waals surface area (Å²) in [6, 6.07) is 10.3. The van der Waals surface area contributed by atoms with Crippen LogP contribution in [0, 0.1) is 5.92 Å². The molecule has 2 aromatic rings. The number of carbonyl (C=O) groups is 1. The van der Waals surface area contributed by atoms with Crippen LogP contribution >= 0.6 is 11.3 Å². The number of carbonyl (C=O) groups excluding carboxylic acids is 1. The Morgan fingerprint density at radius 1 is 1.24 bits per heavy atom. The normalized spacial score (nSPS) is 16.7. The van der Waals surface area contributed by atoms with Crippen molar-refractivity contribution in [2.45, 2.75) is 30.5 Å². The maximum absolute atomic E-state index is 12.7. The minimum Gasteiger partial charge on any atom is -0.301 e. The van der Waals surface area contributed by atoms with Crippen molar-refractivity contribution in [1.82, 2.24) is 14.5 Å². The van der Waals surface area contributed by atoms with Crippen LogP contribution in [0.3, 0.4) is 0 Å². The Morgan fingerprint density at radius 2 is 1.92 bits per heavy atom. The smallest absolute Gasteiger partial charge is 0.272 e. The van der Waals surface area contributed by atoms with Crippen LogP contribution in [0.5, 0.6) is 0 Å². The van der Waals surface area contributed by atoms with E-state index < -0.39 is 10.0 Å². The van der Waals surface area contributed by atoms with Crippen molar-refractivity contribution < 1.29 is 13.2 Å². The first kappa shape index (κ1) is 18.0. The van der Waals surface area contributed by atoms with Gasteiger partial charge in [0.05, 0.1) is 0 Å². The molecule has 0 saturated carbocycles. The lowest BCUT2D eigenvalue weighted by Gasteiger charge is -2.30. The first-order valence-corrected chi connectivity index (χ1v) is 10.4. The molecule has 2 heterocycles. The van der Waals surface area contributed by atoms with Crippen LogP contribution in [0.1, 0.15) is 25.3 Å². The summed E-state index contributed by atoms with van der Waals surface area (Å²) in [5.41, 5.74) is 1.29. The van der Waals surface area contributed by atoms with Crippen molar-refractivity contribution in [3.63, 3.8) is 0 Å². The fourth-order valence-electron chi connectivity index (χ4n) is 2.93. The average molecular weight is 380 g/mol. The Bertz CT molecular complexity index is 828. The van der Waals surface area contributed by atoms with E-state index in [0.29, 0.717) is 19.0 Å². The number of hydrogen-bond donors (Lipinski definition) is 1. The van der Waals surface area contributed by atoms with Crippen LogP contribution in [-0.2, 0) is 21.2 Å². The predicted octanol–water partition coefficient (Wildman–Crippen LogP) is 2.14. The number of rotatable bonds is 5. The molecule has 1 aromatic carbocycles. The second-order valence-corrected chi connectivity index (χ2v) is 9.18. The molecule has 0 atom stereocenters. The molecule has 1 aliphatic rings. The molecular weight excluding hydrogens is 360 g/mol. The summed E-state index contributed by atoms with van der Waals surface area (Å²) in [6.07, 6.45) is 2.62. The summed E-state index contributed by atoms with van der Waals surface area (Å²) >= 11 is 0.881. The van der Waals surface area contributed by atoms with Gasteiger partial charge in [-0.25, -0.2) is 8.42 Å². The van der Waals surface area contributed by atoms with Gasteiger partial charge < -0.3 is 5.32 Å². The third kappa shape index (κ3) is 4.42. The summed E-state index contributed by atoms with van der Waals surface area (Å²) in [6.45, 7) is 2.30. The Morgan fingerprint density at radius 3 is 2.56 bits per heavy atom. The van der Waals surface area contributed by atoms with E-state index in [1.54, 1.807) is 0 Å². The maximum Gasteiger partial charge on any atom is 0.272 e. The van der Waals surface area contributed by atoms with Crippen LogP contribution in [0.4, 0.5) is 5.13 Å². The number of benzene rings is 1. The molecule has 0 aliphatic carbocycles. The number of nitrogens with one attached hydrogen (secondary N) is 1. The minimum absolute atomic E-state index is 0.0715. The third-order valence-corrected chi connectivity index (χ3v) is 7.27. The van der Waals surface area contributed by atoms with Gasteiger partial charge in [-0.05, 0) is 30.7 Å². The van der Waals surface area contributed by atoms with Crippen molar-refractivity contribution in [3.8, 4) is 0 Å². The zero-order valence-electron chi connectivity index (χ0n) is 13.9. The Balaban J connectivity index is 1.61. The van der Waals surface area contributed by atoms with Crippen molar-refractivity contribution in [3.05, 3.63) is 35.9 Å². The van der Waals surface area contributed by atoms with E-state index in [0.717, 1.165) is 30.6 Å². The lowest BCUT2D eigenvalue weighted by molar-refractivity contribution is -0.114. The Hall–Kier alpha value is -1.84. The monoisotopic (exact) mass is 380 g/mol. The van der Waals surface area contributed by atoms with Crippen LogP contribution in [-0.4, -0.2) is 41.9 Å². The van der Waals surface area contributed by atoms with E-state index >= 15 is 0 Å². The topological polar surface area (TPSA) is 92.3 Å². The molecule has 0 bridgehead atoms. The van der Waals surface area contributed by atoms with E-state index in [2.05, 4.69) is 27.6 Å². The van der Waals surface area contributed by atoms with E-state index in [4.69, 9.17) is 0 Å². The zero-order chi connectivity index (χ0) is 17.9. The van der Waals surface area contributed by atoms with E-state index in [9.17, 15) is 13.2 Å². The molecule has 0 unspecified atom stereocenters. The van der Waals surface area contributed by atoms with Gasteiger partial charge in [0.2, 0.25) is 15.4 Å². The van der Waals surface area contributed by atoms with Gasteiger partial charge in [0.25, 0.3) is 10.0 Å². The summed E-state index contributed by atoms with van der Waals surface area (Å²) in [5, 5.41) is 10.1. The van der Waals surface area contributed by atoms with Gasteiger partial charge in [-0.15, -0.1) is 10.2 Å². The largest absolute Gasteiger partial charge is 0.301 e. The maximum atomic E-state index is 12.7. The molecule has 1 amide bonds. The lowest BCUT2D eigenvalue weighted by Crippen LogP contribution is -2.38. The SMILES string of the molecule is CC(=O)Nc1nnc(S(=O)(=O)N2CCC(Cc3ccccc3)CC2)s1. The van der Waals surface area contributed by atoms with Crippen LogP contribution in [0.25, 0.3) is 0 Å². The van der Waals surface area contributed by atoms with Gasteiger partial charge in [0.1, 0.15) is 0 Å². The van der Waals surface area contributed by atoms with Gasteiger partial charge in [0.15, 0.2) is 0 Å². The summed E-state index contributed by atoms with van der Waals surface area (Å²) in [5.74, 6) is 0.181. The second-order valence-electron chi connectivity index (χ2n) is 6.09. The molecule has 3 rings (SSSR count). The number of amides is 1. The van der Waals surface area contributed by atoms with Crippen LogP contribution < -0.4 is 5.32 Å². The van der Waals surface area contributed by atoms with Gasteiger partial charge >= 0.3 is 0 Å².